The molecule has 0 saturated heterocycles. The van der Waals surface area contributed by atoms with Crippen LogP contribution in [0.4, 0.5) is 11.4 Å². The number of furan rings is 1. The second-order valence-corrected chi connectivity index (χ2v) is 12.1. The molecule has 0 unspecified atom stereocenters. The molecule has 0 aliphatic carbocycles. The van der Waals surface area contributed by atoms with Crippen molar-refractivity contribution in [2.75, 3.05) is 5.32 Å². The number of benzene rings is 7. The first-order chi connectivity index (χ1) is 24.8. The Morgan fingerprint density at radius 1 is 0.360 bits per heavy atom. The van der Waals surface area contributed by atoms with E-state index in [1.165, 1.54) is 11.1 Å². The third-order valence-corrected chi connectivity index (χ3v) is 8.95. The zero-order valence-electron chi connectivity index (χ0n) is 27.0. The number of fused-ring (bicyclic) bond motifs is 3. The number of hydrogen-bond acceptors (Lipinski definition) is 5. The highest BCUT2D eigenvalue weighted by atomic mass is 16.3. The van der Waals surface area contributed by atoms with Crippen molar-refractivity contribution < 1.29 is 4.42 Å². The molecule has 0 spiro atoms. The van der Waals surface area contributed by atoms with Crippen molar-refractivity contribution in [3.05, 3.63) is 176 Å². The van der Waals surface area contributed by atoms with E-state index in [-0.39, 0.29) is 0 Å². The summed E-state index contributed by atoms with van der Waals surface area (Å²) >= 11 is 0. The Bertz CT molecular complexity index is 2540. The highest BCUT2D eigenvalue weighted by molar-refractivity contribution is 6.13. The quantitative estimate of drug-likeness (QED) is 0.187. The summed E-state index contributed by atoms with van der Waals surface area (Å²) in [5.74, 6) is 1.84. The van der Waals surface area contributed by atoms with E-state index >= 15 is 0 Å². The van der Waals surface area contributed by atoms with Gasteiger partial charge in [0.2, 0.25) is 0 Å². The fraction of sp³-hybridized carbons (Fsp3) is 0. The van der Waals surface area contributed by atoms with Crippen LogP contribution in [-0.2, 0) is 0 Å². The van der Waals surface area contributed by atoms with Crippen molar-refractivity contribution in [3.8, 4) is 56.4 Å². The van der Waals surface area contributed by atoms with Crippen LogP contribution in [0.3, 0.4) is 0 Å². The monoisotopic (exact) mass is 642 g/mol. The van der Waals surface area contributed by atoms with Gasteiger partial charge in [-0.1, -0.05) is 146 Å². The fourth-order valence-electron chi connectivity index (χ4n) is 6.47. The first-order valence-electron chi connectivity index (χ1n) is 16.6. The SMILES string of the molecule is c1ccc(-c2ccc(-c3ccccc3Nc3cccc4oc5cc(-c6nc(-c7ccccc7)nc(-c7ccccc7)n6)ccc5c34)cc2)cc1. The lowest BCUT2D eigenvalue weighted by Crippen LogP contribution is -2.00. The Kier molecular flexibility index (Phi) is 7.41. The van der Waals surface area contributed by atoms with Crippen molar-refractivity contribution in [1.29, 1.82) is 0 Å². The van der Waals surface area contributed by atoms with Crippen molar-refractivity contribution in [2.45, 2.75) is 0 Å². The topological polar surface area (TPSA) is 63.8 Å². The number of hydrogen-bond donors (Lipinski definition) is 1. The normalized spacial score (nSPS) is 11.2. The predicted molar refractivity (Wildman–Crippen MR) is 204 cm³/mol. The number of anilines is 2. The van der Waals surface area contributed by atoms with Crippen LogP contribution in [-0.4, -0.2) is 15.0 Å². The van der Waals surface area contributed by atoms with Gasteiger partial charge in [0.1, 0.15) is 11.2 Å². The van der Waals surface area contributed by atoms with Gasteiger partial charge in [0.05, 0.1) is 11.1 Å². The first-order valence-corrected chi connectivity index (χ1v) is 16.6. The van der Waals surface area contributed by atoms with E-state index in [2.05, 4.69) is 96.3 Å². The lowest BCUT2D eigenvalue weighted by molar-refractivity contribution is 0.669. The molecule has 0 amide bonds. The highest BCUT2D eigenvalue weighted by Crippen LogP contribution is 2.39. The third-order valence-electron chi connectivity index (χ3n) is 8.95. The summed E-state index contributed by atoms with van der Waals surface area (Å²) < 4.78 is 6.48. The number of para-hydroxylation sites is 1. The van der Waals surface area contributed by atoms with Crippen LogP contribution in [0, 0.1) is 0 Å². The summed E-state index contributed by atoms with van der Waals surface area (Å²) in [6, 6.07) is 60.0. The predicted octanol–water partition coefficient (Wildman–Crippen LogP) is 11.8. The number of nitrogens with one attached hydrogen (secondary N) is 1. The van der Waals surface area contributed by atoms with Gasteiger partial charge in [0, 0.05) is 33.3 Å². The molecule has 5 heteroatoms. The summed E-state index contributed by atoms with van der Waals surface area (Å²) in [6.45, 7) is 0. The third kappa shape index (κ3) is 5.57. The molecule has 2 heterocycles. The summed E-state index contributed by atoms with van der Waals surface area (Å²) in [6.07, 6.45) is 0. The minimum Gasteiger partial charge on any atom is -0.456 e. The Morgan fingerprint density at radius 3 is 1.52 bits per heavy atom. The van der Waals surface area contributed by atoms with Crippen LogP contribution in [0.2, 0.25) is 0 Å². The molecule has 0 aliphatic heterocycles. The van der Waals surface area contributed by atoms with Gasteiger partial charge in [-0.3, -0.25) is 0 Å². The highest BCUT2D eigenvalue weighted by Gasteiger charge is 2.17. The summed E-state index contributed by atoms with van der Waals surface area (Å²) in [5, 5.41) is 5.78. The Balaban J connectivity index is 1.09. The van der Waals surface area contributed by atoms with Gasteiger partial charge in [-0.05, 0) is 47.0 Å². The fourth-order valence-corrected chi connectivity index (χ4v) is 6.47. The number of aromatic nitrogens is 3. The zero-order chi connectivity index (χ0) is 33.3. The van der Waals surface area contributed by atoms with Crippen LogP contribution < -0.4 is 5.32 Å². The first kappa shape index (κ1) is 29.3. The maximum absolute atomic E-state index is 6.48. The van der Waals surface area contributed by atoms with Crippen molar-refractivity contribution in [2.24, 2.45) is 0 Å². The average Bonchev–Trinajstić information content (AvgIpc) is 3.58. The molecule has 0 saturated carbocycles. The second kappa shape index (κ2) is 12.6. The van der Waals surface area contributed by atoms with Crippen LogP contribution in [0.5, 0.6) is 0 Å². The van der Waals surface area contributed by atoms with E-state index in [0.29, 0.717) is 17.5 Å². The van der Waals surface area contributed by atoms with Crippen LogP contribution in [0.25, 0.3) is 78.4 Å². The zero-order valence-corrected chi connectivity index (χ0v) is 27.0. The van der Waals surface area contributed by atoms with Crippen molar-refractivity contribution in [1.82, 2.24) is 15.0 Å². The van der Waals surface area contributed by atoms with Crippen LogP contribution >= 0.6 is 0 Å². The van der Waals surface area contributed by atoms with E-state index in [9.17, 15) is 0 Å². The van der Waals surface area contributed by atoms with Crippen LogP contribution in [0.1, 0.15) is 0 Å². The molecule has 7 aromatic carbocycles. The van der Waals surface area contributed by atoms with Gasteiger partial charge in [-0.2, -0.15) is 0 Å². The standard InChI is InChI=1S/C45H30N4O/c1-4-13-30(14-5-1)31-23-25-32(26-24-31)36-19-10-11-20-38(36)46-39-21-12-22-40-42(39)37-28-27-35(29-41(37)50-40)45-48-43(33-15-6-2-7-16-33)47-44(49-45)34-17-8-3-9-18-34/h1-29,46H. The maximum atomic E-state index is 6.48. The van der Waals surface area contributed by atoms with Gasteiger partial charge in [0.25, 0.3) is 0 Å². The van der Waals surface area contributed by atoms with Gasteiger partial charge < -0.3 is 9.73 Å². The smallest absolute Gasteiger partial charge is 0.164 e. The van der Waals surface area contributed by atoms with E-state index in [4.69, 9.17) is 19.4 Å². The van der Waals surface area contributed by atoms with Crippen LogP contribution in [0.15, 0.2) is 180 Å². The van der Waals surface area contributed by atoms with Gasteiger partial charge in [-0.25, -0.2) is 15.0 Å². The molecular weight excluding hydrogens is 613 g/mol. The molecular formula is C45H30N4O. The lowest BCUT2D eigenvalue weighted by atomic mass is 9.99. The molecule has 9 rings (SSSR count). The van der Waals surface area contributed by atoms with E-state index in [0.717, 1.165) is 61.1 Å². The molecule has 0 radical (unpaired) electrons. The largest absolute Gasteiger partial charge is 0.456 e. The minimum absolute atomic E-state index is 0.589. The van der Waals surface area contributed by atoms with Gasteiger partial charge in [-0.15, -0.1) is 0 Å². The molecule has 1 N–H and O–H groups in total. The van der Waals surface area contributed by atoms with E-state index < -0.39 is 0 Å². The second-order valence-electron chi connectivity index (χ2n) is 12.1. The molecule has 0 atom stereocenters. The van der Waals surface area contributed by atoms with E-state index in [1.807, 2.05) is 84.9 Å². The average molecular weight is 643 g/mol. The lowest BCUT2D eigenvalue weighted by Gasteiger charge is -2.14. The maximum Gasteiger partial charge on any atom is 0.164 e. The number of rotatable bonds is 7. The molecule has 9 aromatic rings. The van der Waals surface area contributed by atoms with Gasteiger partial charge in [0.15, 0.2) is 17.5 Å². The molecule has 50 heavy (non-hydrogen) atoms. The molecule has 0 fully saturated rings. The van der Waals surface area contributed by atoms with Crippen molar-refractivity contribution in [3.63, 3.8) is 0 Å². The van der Waals surface area contributed by atoms with Crippen molar-refractivity contribution >= 4 is 33.3 Å². The molecule has 2 aromatic heterocycles. The molecule has 236 valence electrons. The van der Waals surface area contributed by atoms with E-state index in [1.54, 1.807) is 0 Å². The Labute approximate surface area is 289 Å². The molecule has 5 nitrogen and oxygen atoms in total. The summed E-state index contributed by atoms with van der Waals surface area (Å²) in [5.41, 5.74) is 10.9. The molecule has 0 aliphatic rings. The Hall–Kier alpha value is -6.85. The summed E-state index contributed by atoms with van der Waals surface area (Å²) in [4.78, 5) is 14.7. The molecule has 0 bridgehead atoms. The number of nitrogens with zero attached hydrogens (tertiary/aromatic N) is 3. The van der Waals surface area contributed by atoms with Gasteiger partial charge >= 0.3 is 0 Å². The minimum atomic E-state index is 0.589. The summed E-state index contributed by atoms with van der Waals surface area (Å²) in [7, 11) is 0. The Morgan fingerprint density at radius 2 is 0.860 bits per heavy atom.